The van der Waals surface area contributed by atoms with Crippen molar-refractivity contribution < 1.29 is 4.39 Å². The smallest absolute Gasteiger partial charge is 0.252 e. The van der Waals surface area contributed by atoms with Gasteiger partial charge in [0.2, 0.25) is 0 Å². The molecule has 3 nitrogen and oxygen atoms in total. The summed E-state index contributed by atoms with van der Waals surface area (Å²) in [6.07, 6.45) is 0.962. The molecule has 3 aromatic rings. The van der Waals surface area contributed by atoms with Gasteiger partial charge in [-0.1, -0.05) is 37.0 Å². The van der Waals surface area contributed by atoms with Crippen molar-refractivity contribution >= 4 is 10.9 Å². The van der Waals surface area contributed by atoms with Gasteiger partial charge in [0.05, 0.1) is 12.1 Å². The first-order valence-corrected chi connectivity index (χ1v) is 9.16. The molecular weight excluding hydrogens is 339 g/mol. The van der Waals surface area contributed by atoms with E-state index >= 15 is 0 Å². The van der Waals surface area contributed by atoms with Gasteiger partial charge in [0.1, 0.15) is 5.82 Å². The molecule has 3 rings (SSSR count). The predicted octanol–water partition coefficient (Wildman–Crippen LogP) is 4.32. The van der Waals surface area contributed by atoms with Gasteiger partial charge >= 0.3 is 0 Å². The lowest BCUT2D eigenvalue weighted by molar-refractivity contribution is 0.220. The number of rotatable bonds is 5. The van der Waals surface area contributed by atoms with Crippen LogP contribution in [0.25, 0.3) is 10.9 Å². The molecule has 0 saturated heterocycles. The molecule has 1 atom stereocenters. The maximum Gasteiger partial charge on any atom is 0.252 e. The average molecular weight is 362 g/mol. The number of hydrogen-bond acceptors (Lipinski definition) is 2. The quantitative estimate of drug-likeness (QED) is 0.686. The van der Waals surface area contributed by atoms with Crippen LogP contribution in [0.3, 0.4) is 0 Å². The van der Waals surface area contributed by atoms with E-state index in [1.807, 2.05) is 36.4 Å². The summed E-state index contributed by atoms with van der Waals surface area (Å²) in [4.78, 5) is 17.4. The van der Waals surface area contributed by atoms with Crippen LogP contribution in [0.15, 0.2) is 59.4 Å². The molecule has 0 spiro atoms. The lowest BCUT2D eigenvalue weighted by Gasteiger charge is -2.26. The third-order valence-corrected chi connectivity index (χ3v) is 4.76. The Morgan fingerprint density at radius 3 is 2.67 bits per heavy atom. The second kappa shape index (κ2) is 8.66. The number of fused-ring (bicyclic) bond motifs is 1. The van der Waals surface area contributed by atoms with Crippen molar-refractivity contribution in [2.45, 2.75) is 32.9 Å². The molecule has 0 aliphatic rings. The molecule has 2 aromatic carbocycles. The van der Waals surface area contributed by atoms with Crippen molar-refractivity contribution in [1.29, 1.82) is 0 Å². The molecule has 0 amide bonds. The van der Waals surface area contributed by atoms with Crippen molar-refractivity contribution in [1.82, 2.24) is 9.88 Å². The van der Waals surface area contributed by atoms with Gasteiger partial charge in [0, 0.05) is 23.7 Å². The number of pyridine rings is 1. The fourth-order valence-electron chi connectivity index (χ4n) is 2.95. The monoisotopic (exact) mass is 362 g/mol. The normalized spacial score (nSPS) is 12.0. The molecule has 4 heteroatoms. The van der Waals surface area contributed by atoms with Crippen LogP contribution in [0, 0.1) is 17.7 Å². The summed E-state index contributed by atoms with van der Waals surface area (Å²) < 4.78 is 13.4. The first-order valence-electron chi connectivity index (χ1n) is 9.16. The van der Waals surface area contributed by atoms with Gasteiger partial charge in [-0.2, -0.15) is 0 Å². The Kier molecular flexibility index (Phi) is 6.05. The van der Waals surface area contributed by atoms with E-state index in [0.717, 1.165) is 17.4 Å². The van der Waals surface area contributed by atoms with E-state index in [0.29, 0.717) is 30.2 Å². The predicted molar refractivity (Wildman–Crippen MR) is 108 cm³/mol. The standard InChI is InChI=1S/C23H23FN2O/c1-3-17(2)26(13-7-10-18-8-5-4-6-9-18)16-20-14-19-11-12-21(24)15-22(19)25-23(20)27/h4-6,8-9,11-12,14-15,17H,3,13,16H2,1-2H3,(H,25,27). The zero-order valence-electron chi connectivity index (χ0n) is 15.6. The van der Waals surface area contributed by atoms with Crippen LogP contribution in [0.1, 0.15) is 31.4 Å². The number of H-pyrrole nitrogens is 1. The van der Waals surface area contributed by atoms with Gasteiger partial charge in [-0.3, -0.25) is 9.69 Å². The minimum atomic E-state index is -0.358. The molecule has 0 fully saturated rings. The Hall–Kier alpha value is -2.90. The van der Waals surface area contributed by atoms with Crippen LogP contribution in [0.5, 0.6) is 0 Å². The van der Waals surface area contributed by atoms with Gasteiger partial charge in [-0.15, -0.1) is 0 Å². The molecule has 27 heavy (non-hydrogen) atoms. The van der Waals surface area contributed by atoms with Gasteiger partial charge in [0.25, 0.3) is 5.56 Å². The van der Waals surface area contributed by atoms with Crippen LogP contribution >= 0.6 is 0 Å². The Morgan fingerprint density at radius 1 is 1.15 bits per heavy atom. The van der Waals surface area contributed by atoms with E-state index in [1.54, 1.807) is 6.07 Å². The summed E-state index contributed by atoms with van der Waals surface area (Å²) in [5.41, 5.74) is 1.98. The lowest BCUT2D eigenvalue weighted by atomic mass is 10.1. The third-order valence-electron chi connectivity index (χ3n) is 4.76. The van der Waals surface area contributed by atoms with Crippen molar-refractivity contribution in [3.63, 3.8) is 0 Å². The van der Waals surface area contributed by atoms with E-state index in [1.165, 1.54) is 12.1 Å². The third kappa shape index (κ3) is 4.84. The minimum Gasteiger partial charge on any atom is -0.322 e. The van der Waals surface area contributed by atoms with Crippen molar-refractivity contribution in [2.75, 3.05) is 6.54 Å². The van der Waals surface area contributed by atoms with Crippen molar-refractivity contribution in [3.8, 4) is 11.8 Å². The fourth-order valence-corrected chi connectivity index (χ4v) is 2.95. The first-order chi connectivity index (χ1) is 13.1. The van der Waals surface area contributed by atoms with E-state index in [4.69, 9.17) is 0 Å². The molecule has 0 bridgehead atoms. The zero-order chi connectivity index (χ0) is 19.2. The molecule has 0 radical (unpaired) electrons. The summed E-state index contributed by atoms with van der Waals surface area (Å²) >= 11 is 0. The van der Waals surface area contributed by atoms with E-state index in [-0.39, 0.29) is 11.4 Å². The average Bonchev–Trinajstić information content (AvgIpc) is 2.68. The molecule has 138 valence electrons. The summed E-state index contributed by atoms with van der Waals surface area (Å²) in [5.74, 6) is 6.03. The van der Waals surface area contributed by atoms with E-state index in [2.05, 4.69) is 35.6 Å². The highest BCUT2D eigenvalue weighted by molar-refractivity contribution is 5.78. The molecule has 0 aliphatic heterocycles. The first kappa shape index (κ1) is 18.9. The SMILES string of the molecule is CCC(C)N(CC#Cc1ccccc1)Cc1cc2ccc(F)cc2[nH]c1=O. The highest BCUT2D eigenvalue weighted by atomic mass is 19.1. The highest BCUT2D eigenvalue weighted by Gasteiger charge is 2.14. The van der Waals surface area contributed by atoms with E-state index in [9.17, 15) is 9.18 Å². The Balaban J connectivity index is 1.83. The number of halogens is 1. The minimum absolute atomic E-state index is 0.183. The molecular formula is C23H23FN2O. The molecule has 0 saturated carbocycles. The summed E-state index contributed by atoms with van der Waals surface area (Å²) in [5, 5.41) is 0.825. The van der Waals surface area contributed by atoms with Crippen LogP contribution in [0.2, 0.25) is 0 Å². The number of aromatic nitrogens is 1. The molecule has 0 aliphatic carbocycles. The summed E-state index contributed by atoms with van der Waals surface area (Å²) in [6.45, 7) is 5.33. The molecule has 1 aromatic heterocycles. The molecule has 1 heterocycles. The van der Waals surface area contributed by atoms with E-state index < -0.39 is 0 Å². The largest absolute Gasteiger partial charge is 0.322 e. The van der Waals surface area contributed by atoms with Crippen molar-refractivity contribution in [3.05, 3.63) is 81.9 Å². The number of nitrogens with zero attached hydrogens (tertiary/aromatic N) is 1. The summed E-state index contributed by atoms with van der Waals surface area (Å²) in [6, 6.07) is 16.4. The maximum atomic E-state index is 13.4. The number of benzene rings is 2. The Labute approximate surface area is 158 Å². The maximum absolute atomic E-state index is 13.4. The Bertz CT molecular complexity index is 1030. The number of hydrogen-bond donors (Lipinski definition) is 1. The molecule has 1 N–H and O–H groups in total. The zero-order valence-corrected chi connectivity index (χ0v) is 15.6. The van der Waals surface area contributed by atoms with Gasteiger partial charge in [-0.05, 0) is 55.1 Å². The summed E-state index contributed by atoms with van der Waals surface area (Å²) in [7, 11) is 0. The second-order valence-electron chi connectivity index (χ2n) is 6.69. The second-order valence-corrected chi connectivity index (χ2v) is 6.69. The van der Waals surface area contributed by atoms with Gasteiger partial charge in [-0.25, -0.2) is 4.39 Å². The molecule has 1 unspecified atom stereocenters. The van der Waals surface area contributed by atoms with Crippen molar-refractivity contribution in [2.24, 2.45) is 0 Å². The van der Waals surface area contributed by atoms with Gasteiger partial charge in [0.15, 0.2) is 0 Å². The number of aromatic amines is 1. The highest BCUT2D eigenvalue weighted by Crippen LogP contribution is 2.15. The van der Waals surface area contributed by atoms with Crippen LogP contribution < -0.4 is 5.56 Å². The van der Waals surface area contributed by atoms with Crippen LogP contribution in [-0.2, 0) is 6.54 Å². The number of nitrogens with one attached hydrogen (secondary N) is 1. The van der Waals surface area contributed by atoms with Crippen LogP contribution in [0.4, 0.5) is 4.39 Å². The topological polar surface area (TPSA) is 36.1 Å². The fraction of sp³-hybridized carbons (Fsp3) is 0.261. The van der Waals surface area contributed by atoms with Crippen LogP contribution in [-0.4, -0.2) is 22.5 Å². The lowest BCUT2D eigenvalue weighted by Crippen LogP contribution is -2.34. The Morgan fingerprint density at radius 2 is 1.93 bits per heavy atom. The van der Waals surface area contributed by atoms with Gasteiger partial charge < -0.3 is 4.98 Å².